The molecule has 0 aromatic carbocycles. The van der Waals surface area contributed by atoms with E-state index in [0.717, 1.165) is 6.07 Å². The molecular formula is C15H11ClF3N3O2S. The van der Waals surface area contributed by atoms with Crippen molar-refractivity contribution < 1.29 is 22.7 Å². The van der Waals surface area contributed by atoms with Crippen LogP contribution in [0.1, 0.15) is 30.0 Å². The number of halogens is 4. The summed E-state index contributed by atoms with van der Waals surface area (Å²) >= 11 is 7.32. The summed E-state index contributed by atoms with van der Waals surface area (Å²) < 4.78 is 45.8. The highest BCUT2D eigenvalue weighted by molar-refractivity contribution is 7.13. The molecule has 132 valence electrons. The van der Waals surface area contributed by atoms with E-state index in [0.29, 0.717) is 9.39 Å². The number of rotatable bonds is 3. The third-order valence-electron chi connectivity index (χ3n) is 3.13. The molecule has 0 fully saturated rings. The lowest BCUT2D eigenvalue weighted by atomic mass is 10.2. The van der Waals surface area contributed by atoms with Gasteiger partial charge in [-0.15, -0.1) is 11.3 Å². The molecule has 5 nitrogen and oxygen atoms in total. The molecular weight excluding hydrogens is 379 g/mol. The van der Waals surface area contributed by atoms with Crippen molar-refractivity contribution in [1.29, 1.82) is 0 Å². The average molecular weight is 390 g/mol. The topological polar surface area (TPSA) is 56.5 Å². The minimum absolute atomic E-state index is 0.0976. The molecule has 3 rings (SSSR count). The van der Waals surface area contributed by atoms with Gasteiger partial charge in [0.2, 0.25) is 0 Å². The first-order valence-electron chi connectivity index (χ1n) is 7.10. The van der Waals surface area contributed by atoms with E-state index >= 15 is 0 Å². The number of thiophene rings is 1. The van der Waals surface area contributed by atoms with Crippen LogP contribution in [-0.4, -0.2) is 26.7 Å². The molecule has 0 radical (unpaired) electrons. The van der Waals surface area contributed by atoms with Gasteiger partial charge < -0.3 is 4.74 Å². The fourth-order valence-electron chi connectivity index (χ4n) is 2.14. The summed E-state index contributed by atoms with van der Waals surface area (Å²) in [5.74, 6) is -0.906. The molecule has 0 saturated heterocycles. The van der Waals surface area contributed by atoms with Gasteiger partial charge in [-0.2, -0.15) is 18.3 Å². The van der Waals surface area contributed by atoms with Crippen molar-refractivity contribution in [3.63, 3.8) is 0 Å². The summed E-state index contributed by atoms with van der Waals surface area (Å²) in [5.41, 5.74) is -1.64. The molecule has 3 aromatic rings. The molecule has 3 heterocycles. The van der Waals surface area contributed by atoms with Crippen LogP contribution < -0.4 is 0 Å². The molecule has 10 heteroatoms. The van der Waals surface area contributed by atoms with Crippen molar-refractivity contribution in [1.82, 2.24) is 14.6 Å². The van der Waals surface area contributed by atoms with E-state index in [9.17, 15) is 18.0 Å². The van der Waals surface area contributed by atoms with Crippen molar-refractivity contribution in [3.05, 3.63) is 40.0 Å². The summed E-state index contributed by atoms with van der Waals surface area (Å²) in [7, 11) is 0. The maximum absolute atomic E-state index is 13.4. The molecule has 0 aliphatic heterocycles. The van der Waals surface area contributed by atoms with Gasteiger partial charge in [-0.25, -0.2) is 14.3 Å². The van der Waals surface area contributed by atoms with Crippen LogP contribution in [0.25, 0.3) is 16.2 Å². The Bertz CT molecular complexity index is 936. The van der Waals surface area contributed by atoms with E-state index in [2.05, 4.69) is 10.1 Å². The second-order valence-electron chi connectivity index (χ2n) is 5.35. The summed E-state index contributed by atoms with van der Waals surface area (Å²) in [5, 5.41) is 5.12. The molecule has 0 atom stereocenters. The summed E-state index contributed by atoms with van der Waals surface area (Å²) in [6.07, 6.45) is -5.17. The van der Waals surface area contributed by atoms with Crippen molar-refractivity contribution >= 4 is 34.6 Å². The lowest BCUT2D eigenvalue weighted by Gasteiger charge is -2.10. The monoisotopic (exact) mass is 389 g/mol. The second kappa shape index (κ2) is 6.30. The fraction of sp³-hybridized carbons (Fsp3) is 0.267. The maximum atomic E-state index is 13.4. The van der Waals surface area contributed by atoms with Crippen LogP contribution >= 0.6 is 22.9 Å². The Balaban J connectivity index is 2.26. The number of fused-ring (bicyclic) bond motifs is 1. The SMILES string of the molecule is CC(C)OC(=O)c1nn2c(C(F)(F)F)cc(-c3cccs3)nc2c1Cl. The van der Waals surface area contributed by atoms with E-state index < -0.39 is 29.6 Å². The Hall–Kier alpha value is -2.13. The Kier molecular flexibility index (Phi) is 4.46. The van der Waals surface area contributed by atoms with Gasteiger partial charge in [-0.05, 0) is 31.4 Å². The maximum Gasteiger partial charge on any atom is 0.433 e. The number of aromatic nitrogens is 3. The first kappa shape index (κ1) is 17.7. The molecule has 0 N–H and O–H groups in total. The molecule has 0 spiro atoms. The highest BCUT2D eigenvalue weighted by Gasteiger charge is 2.37. The minimum atomic E-state index is -4.71. The lowest BCUT2D eigenvalue weighted by molar-refractivity contribution is -0.142. The zero-order valence-corrected chi connectivity index (χ0v) is 14.5. The van der Waals surface area contributed by atoms with Crippen LogP contribution in [0.3, 0.4) is 0 Å². The fourth-order valence-corrected chi connectivity index (χ4v) is 3.07. The number of carbonyl (C=O) groups excluding carboxylic acids is 1. The van der Waals surface area contributed by atoms with Crippen LogP contribution in [0, 0.1) is 0 Å². The summed E-state index contributed by atoms with van der Waals surface area (Å²) in [6.45, 7) is 3.21. The van der Waals surface area contributed by atoms with E-state index in [1.807, 2.05) is 0 Å². The zero-order valence-electron chi connectivity index (χ0n) is 13.0. The molecule has 0 aliphatic rings. The van der Waals surface area contributed by atoms with Gasteiger partial charge in [0, 0.05) is 0 Å². The second-order valence-corrected chi connectivity index (χ2v) is 6.68. The predicted molar refractivity (Wildman–Crippen MR) is 86.9 cm³/mol. The highest BCUT2D eigenvalue weighted by Crippen LogP contribution is 2.35. The number of carbonyl (C=O) groups is 1. The molecule has 0 amide bonds. The van der Waals surface area contributed by atoms with Crippen molar-refractivity contribution in [2.45, 2.75) is 26.1 Å². The number of ether oxygens (including phenoxy) is 1. The number of esters is 1. The Morgan fingerprint density at radius 2 is 2.12 bits per heavy atom. The van der Waals surface area contributed by atoms with Gasteiger partial charge in [0.1, 0.15) is 5.02 Å². The van der Waals surface area contributed by atoms with E-state index in [1.54, 1.807) is 31.4 Å². The predicted octanol–water partition coefficient (Wildman–Crippen LogP) is 4.70. The van der Waals surface area contributed by atoms with E-state index in [1.165, 1.54) is 11.3 Å². The molecule has 25 heavy (non-hydrogen) atoms. The minimum Gasteiger partial charge on any atom is -0.458 e. The van der Waals surface area contributed by atoms with Gasteiger partial charge in [-0.1, -0.05) is 17.7 Å². The largest absolute Gasteiger partial charge is 0.458 e. The normalized spacial score (nSPS) is 12.1. The van der Waals surface area contributed by atoms with Crippen LogP contribution in [0.5, 0.6) is 0 Å². The quantitative estimate of drug-likeness (QED) is 0.609. The highest BCUT2D eigenvalue weighted by atomic mass is 35.5. The number of alkyl halides is 3. The van der Waals surface area contributed by atoms with Crippen molar-refractivity contribution in [2.75, 3.05) is 0 Å². The van der Waals surface area contributed by atoms with Crippen LogP contribution in [0.15, 0.2) is 23.6 Å². The molecule has 0 aliphatic carbocycles. The first-order chi connectivity index (χ1) is 11.7. The summed E-state index contributed by atoms with van der Waals surface area (Å²) in [6, 6.07) is 4.21. The third-order valence-corrected chi connectivity index (χ3v) is 4.37. The first-order valence-corrected chi connectivity index (χ1v) is 8.35. The Labute approximate surface area is 149 Å². The van der Waals surface area contributed by atoms with Gasteiger partial charge in [-0.3, -0.25) is 0 Å². The Morgan fingerprint density at radius 3 is 2.68 bits per heavy atom. The number of hydrogen-bond acceptors (Lipinski definition) is 5. The van der Waals surface area contributed by atoms with Gasteiger partial charge in [0.25, 0.3) is 0 Å². The van der Waals surface area contributed by atoms with Crippen molar-refractivity contribution in [3.8, 4) is 10.6 Å². The number of hydrogen-bond donors (Lipinski definition) is 0. The van der Waals surface area contributed by atoms with E-state index in [-0.39, 0.29) is 16.4 Å². The lowest BCUT2D eigenvalue weighted by Crippen LogP contribution is -2.15. The third kappa shape index (κ3) is 3.34. The smallest absolute Gasteiger partial charge is 0.433 e. The van der Waals surface area contributed by atoms with Crippen LogP contribution in [0.2, 0.25) is 5.02 Å². The van der Waals surface area contributed by atoms with Gasteiger partial charge in [0.15, 0.2) is 17.0 Å². The molecule has 0 saturated carbocycles. The number of nitrogens with zero attached hydrogens (tertiary/aromatic N) is 3. The standard InChI is InChI=1S/C15H11ClF3N3O2S/c1-7(2)24-14(23)12-11(16)13-20-8(9-4-3-5-25-9)6-10(15(17,18)19)22(13)21-12/h3-7H,1-2H3. The van der Waals surface area contributed by atoms with Crippen LogP contribution in [-0.2, 0) is 10.9 Å². The summed E-state index contributed by atoms with van der Waals surface area (Å²) in [4.78, 5) is 16.7. The van der Waals surface area contributed by atoms with Gasteiger partial charge in [0.05, 0.1) is 16.7 Å². The zero-order chi connectivity index (χ0) is 18.4. The molecule has 0 unspecified atom stereocenters. The van der Waals surface area contributed by atoms with E-state index in [4.69, 9.17) is 16.3 Å². The molecule has 0 bridgehead atoms. The molecule has 3 aromatic heterocycles. The van der Waals surface area contributed by atoms with Crippen LogP contribution in [0.4, 0.5) is 13.2 Å². The van der Waals surface area contributed by atoms with Crippen molar-refractivity contribution in [2.24, 2.45) is 0 Å². The Morgan fingerprint density at radius 1 is 1.40 bits per heavy atom. The van der Waals surface area contributed by atoms with Gasteiger partial charge >= 0.3 is 12.1 Å². The average Bonchev–Trinajstić information content (AvgIpc) is 3.13.